The molecule has 1 saturated carbocycles. The molecule has 0 atom stereocenters. The van der Waals surface area contributed by atoms with E-state index in [0.29, 0.717) is 17.9 Å². The molecule has 0 radical (unpaired) electrons. The average molecular weight is 502 g/mol. The zero-order valence-electron chi connectivity index (χ0n) is 21.2. The highest BCUT2D eigenvalue weighted by Gasteiger charge is 2.13. The lowest BCUT2D eigenvalue weighted by molar-refractivity contribution is -0.111. The monoisotopic (exact) mass is 501 g/mol. The summed E-state index contributed by atoms with van der Waals surface area (Å²) >= 11 is 2.01. The van der Waals surface area contributed by atoms with E-state index >= 15 is 0 Å². The fourth-order valence-corrected chi connectivity index (χ4v) is 5.55. The standard InChI is InChI=1S/C29H35N5OS/c1-34(2)19-9-8-12-28(35)32-23-15-18-27-26(20-23)29(31-21-30-27)33-22-13-16-25(17-14-22)36-24-10-6-4-3-5-7-11-24/h13-18,20-21,24H,3-7,9-11,19H2,1-2H3,(H,32,35)(H,30,31,33). The van der Waals surface area contributed by atoms with Crippen LogP contribution in [0, 0.1) is 11.8 Å². The summed E-state index contributed by atoms with van der Waals surface area (Å²) in [6.07, 6.45) is 11.7. The molecule has 0 bridgehead atoms. The van der Waals surface area contributed by atoms with Gasteiger partial charge in [-0.3, -0.25) is 4.79 Å². The molecule has 1 aliphatic rings. The normalized spacial score (nSPS) is 14.5. The molecule has 1 heterocycles. The molecule has 7 heteroatoms. The Labute approximate surface area is 218 Å². The average Bonchev–Trinajstić information content (AvgIpc) is 2.85. The van der Waals surface area contributed by atoms with E-state index in [0.717, 1.165) is 28.4 Å². The van der Waals surface area contributed by atoms with Crippen LogP contribution in [0.15, 0.2) is 53.7 Å². The Balaban J connectivity index is 1.41. The van der Waals surface area contributed by atoms with Gasteiger partial charge in [0.05, 0.1) is 5.52 Å². The summed E-state index contributed by atoms with van der Waals surface area (Å²) in [4.78, 5) is 24.4. The first-order valence-corrected chi connectivity index (χ1v) is 13.7. The molecule has 0 spiro atoms. The van der Waals surface area contributed by atoms with Gasteiger partial charge in [0.25, 0.3) is 5.91 Å². The van der Waals surface area contributed by atoms with Gasteiger partial charge >= 0.3 is 0 Å². The maximum atomic E-state index is 12.2. The number of nitrogens with one attached hydrogen (secondary N) is 2. The van der Waals surface area contributed by atoms with Gasteiger partial charge in [0, 0.05) is 39.9 Å². The van der Waals surface area contributed by atoms with E-state index in [4.69, 9.17) is 0 Å². The van der Waals surface area contributed by atoms with Crippen molar-refractivity contribution in [3.05, 3.63) is 48.8 Å². The molecule has 1 amide bonds. The minimum Gasteiger partial charge on any atom is -0.340 e. The quantitative estimate of drug-likeness (QED) is 0.362. The van der Waals surface area contributed by atoms with Crippen molar-refractivity contribution >= 4 is 45.8 Å². The topological polar surface area (TPSA) is 70.2 Å². The van der Waals surface area contributed by atoms with Gasteiger partial charge < -0.3 is 15.5 Å². The van der Waals surface area contributed by atoms with Crippen LogP contribution in [0.3, 0.4) is 0 Å². The minimum absolute atomic E-state index is 0.322. The van der Waals surface area contributed by atoms with E-state index in [9.17, 15) is 4.79 Å². The van der Waals surface area contributed by atoms with Crippen LogP contribution in [0.5, 0.6) is 0 Å². The second kappa shape index (κ2) is 13.3. The molecule has 36 heavy (non-hydrogen) atoms. The molecule has 1 aliphatic carbocycles. The number of nitrogens with zero attached hydrogens (tertiary/aromatic N) is 3. The third kappa shape index (κ3) is 7.97. The van der Waals surface area contributed by atoms with Crippen molar-refractivity contribution in [2.45, 2.75) is 61.5 Å². The minimum atomic E-state index is -0.322. The Hall–Kier alpha value is -3.08. The Morgan fingerprint density at radius 2 is 1.72 bits per heavy atom. The predicted octanol–water partition coefficient (Wildman–Crippen LogP) is 6.47. The Morgan fingerprint density at radius 3 is 2.47 bits per heavy atom. The lowest BCUT2D eigenvalue weighted by atomic mass is 10.0. The highest BCUT2D eigenvalue weighted by molar-refractivity contribution is 8.00. The fraction of sp³-hybridized carbons (Fsp3) is 0.414. The van der Waals surface area contributed by atoms with E-state index in [1.54, 1.807) is 6.33 Å². The van der Waals surface area contributed by atoms with E-state index in [1.807, 2.05) is 49.0 Å². The van der Waals surface area contributed by atoms with Crippen molar-refractivity contribution in [3.63, 3.8) is 0 Å². The molecule has 0 saturated heterocycles. The van der Waals surface area contributed by atoms with Gasteiger partial charge in [0.15, 0.2) is 0 Å². The summed E-state index contributed by atoms with van der Waals surface area (Å²) in [7, 11) is 3.97. The fourth-order valence-electron chi connectivity index (χ4n) is 4.30. The van der Waals surface area contributed by atoms with Gasteiger partial charge in [-0.1, -0.05) is 38.0 Å². The van der Waals surface area contributed by atoms with Gasteiger partial charge in [-0.25, -0.2) is 9.97 Å². The lowest BCUT2D eigenvalue weighted by Crippen LogP contribution is -2.12. The maximum absolute atomic E-state index is 12.2. The van der Waals surface area contributed by atoms with E-state index in [2.05, 4.69) is 56.7 Å². The van der Waals surface area contributed by atoms with Gasteiger partial charge in [0.2, 0.25) is 0 Å². The number of carbonyl (C=O) groups excluding carboxylic acids is 1. The third-order valence-corrected chi connectivity index (χ3v) is 7.60. The zero-order chi connectivity index (χ0) is 25.2. The number of thioether (sulfide) groups is 1. The molecule has 1 fully saturated rings. The molecular weight excluding hydrogens is 466 g/mol. The van der Waals surface area contributed by atoms with Crippen LogP contribution in [0.25, 0.3) is 10.9 Å². The molecular formula is C29H35N5OS. The number of hydrogen-bond acceptors (Lipinski definition) is 6. The first-order valence-electron chi connectivity index (χ1n) is 12.8. The SMILES string of the molecule is CN(C)CCC#CC(=O)Nc1ccc2ncnc(Nc3ccc(SC4CCCCCCC4)cc3)c2c1. The van der Waals surface area contributed by atoms with Crippen LogP contribution in [-0.4, -0.2) is 46.7 Å². The van der Waals surface area contributed by atoms with Crippen LogP contribution in [0.4, 0.5) is 17.2 Å². The van der Waals surface area contributed by atoms with E-state index in [-0.39, 0.29) is 5.91 Å². The van der Waals surface area contributed by atoms with Crippen molar-refractivity contribution in [1.82, 2.24) is 14.9 Å². The van der Waals surface area contributed by atoms with Crippen LogP contribution in [0.2, 0.25) is 0 Å². The predicted molar refractivity (Wildman–Crippen MR) is 151 cm³/mol. The molecule has 2 N–H and O–H groups in total. The highest BCUT2D eigenvalue weighted by Crippen LogP contribution is 2.33. The first-order chi connectivity index (χ1) is 17.6. The summed E-state index contributed by atoms with van der Waals surface area (Å²) in [5, 5.41) is 7.84. The molecule has 6 nitrogen and oxygen atoms in total. The summed E-state index contributed by atoms with van der Waals surface area (Å²) in [5.41, 5.74) is 2.44. The van der Waals surface area contributed by atoms with Gasteiger partial charge in [-0.05, 0) is 75.3 Å². The van der Waals surface area contributed by atoms with Crippen molar-refractivity contribution in [1.29, 1.82) is 0 Å². The van der Waals surface area contributed by atoms with Gasteiger partial charge in [-0.2, -0.15) is 0 Å². The summed E-state index contributed by atoms with van der Waals surface area (Å²) in [5.74, 6) is 5.95. The molecule has 0 aliphatic heterocycles. The van der Waals surface area contributed by atoms with Crippen LogP contribution in [-0.2, 0) is 4.79 Å². The molecule has 1 aromatic heterocycles. The number of rotatable bonds is 7. The number of hydrogen-bond donors (Lipinski definition) is 2. The second-order valence-corrected chi connectivity index (χ2v) is 10.9. The Bertz CT molecular complexity index is 1210. The molecule has 188 valence electrons. The van der Waals surface area contributed by atoms with Crippen molar-refractivity contribution < 1.29 is 4.79 Å². The third-order valence-electron chi connectivity index (χ3n) is 6.25. The van der Waals surface area contributed by atoms with Crippen LogP contribution < -0.4 is 10.6 Å². The summed E-state index contributed by atoms with van der Waals surface area (Å²) in [6.45, 7) is 0.822. The van der Waals surface area contributed by atoms with Crippen molar-refractivity contribution in [3.8, 4) is 11.8 Å². The molecule has 4 rings (SSSR count). The molecule has 0 unspecified atom stereocenters. The summed E-state index contributed by atoms with van der Waals surface area (Å²) in [6, 6.07) is 14.2. The summed E-state index contributed by atoms with van der Waals surface area (Å²) < 4.78 is 0. The number of anilines is 3. The molecule has 3 aromatic rings. The van der Waals surface area contributed by atoms with Crippen LogP contribution >= 0.6 is 11.8 Å². The van der Waals surface area contributed by atoms with Crippen molar-refractivity contribution in [2.75, 3.05) is 31.3 Å². The van der Waals surface area contributed by atoms with Gasteiger partial charge in [0.1, 0.15) is 12.1 Å². The van der Waals surface area contributed by atoms with E-state index < -0.39 is 0 Å². The number of fused-ring (bicyclic) bond motifs is 1. The lowest BCUT2D eigenvalue weighted by Gasteiger charge is -2.19. The maximum Gasteiger partial charge on any atom is 0.300 e. The Kier molecular flexibility index (Phi) is 9.60. The number of carbonyl (C=O) groups is 1. The van der Waals surface area contributed by atoms with Gasteiger partial charge in [-0.15, -0.1) is 11.8 Å². The number of benzene rings is 2. The number of amides is 1. The largest absolute Gasteiger partial charge is 0.340 e. The second-order valence-electron chi connectivity index (χ2n) is 9.50. The highest BCUT2D eigenvalue weighted by atomic mass is 32.2. The Morgan fingerprint density at radius 1 is 1.00 bits per heavy atom. The zero-order valence-corrected chi connectivity index (χ0v) is 22.0. The van der Waals surface area contributed by atoms with E-state index in [1.165, 1.54) is 49.8 Å². The van der Waals surface area contributed by atoms with Crippen LogP contribution in [0.1, 0.15) is 51.4 Å². The van der Waals surface area contributed by atoms with Crippen molar-refractivity contribution in [2.24, 2.45) is 0 Å². The number of aromatic nitrogens is 2. The molecule has 2 aromatic carbocycles. The first kappa shape index (κ1) is 26.0. The smallest absolute Gasteiger partial charge is 0.300 e.